The molecule has 0 aliphatic heterocycles. The van der Waals surface area contributed by atoms with Crippen LogP contribution in [0.15, 0.2) is 48.5 Å². The SMILES string of the molecule is CC(C)(C)OC(=O)NC(Cc1ccc(O)cc1)C(=O)N(C(C(=O)NC1CCCCC1)c1ccc(O)cc1)C(C)(C)C. The summed E-state index contributed by atoms with van der Waals surface area (Å²) in [5, 5.41) is 25.6. The van der Waals surface area contributed by atoms with Crippen molar-refractivity contribution in [3.05, 3.63) is 59.7 Å². The number of ether oxygens (including phenoxy) is 1. The van der Waals surface area contributed by atoms with Gasteiger partial charge in [-0.15, -0.1) is 0 Å². The number of carbonyl (C=O) groups excluding carboxylic acids is 3. The molecule has 0 radical (unpaired) electrons. The van der Waals surface area contributed by atoms with Gasteiger partial charge >= 0.3 is 6.09 Å². The van der Waals surface area contributed by atoms with Crippen LogP contribution in [0.1, 0.15) is 90.8 Å². The van der Waals surface area contributed by atoms with Crippen LogP contribution in [0.4, 0.5) is 4.79 Å². The summed E-state index contributed by atoms with van der Waals surface area (Å²) in [5.41, 5.74) is -0.375. The molecular weight excluding hydrogens is 522 g/mol. The van der Waals surface area contributed by atoms with Gasteiger partial charge in [-0.05, 0) is 89.8 Å². The Morgan fingerprint density at radius 3 is 1.93 bits per heavy atom. The maximum Gasteiger partial charge on any atom is 0.408 e. The lowest BCUT2D eigenvalue weighted by molar-refractivity contribution is -0.148. The normalized spacial score (nSPS) is 15.9. The Hall–Kier alpha value is -3.75. The molecule has 9 nitrogen and oxygen atoms in total. The molecule has 0 saturated heterocycles. The van der Waals surface area contributed by atoms with E-state index in [0.29, 0.717) is 11.1 Å². The first kappa shape index (κ1) is 31.8. The molecule has 1 aliphatic carbocycles. The minimum absolute atomic E-state index is 0.0143. The fourth-order valence-corrected chi connectivity index (χ4v) is 5.13. The molecule has 224 valence electrons. The zero-order valence-corrected chi connectivity index (χ0v) is 25.1. The van der Waals surface area contributed by atoms with Gasteiger partial charge in [0.25, 0.3) is 0 Å². The molecule has 1 aliphatic rings. The third kappa shape index (κ3) is 9.40. The number of carbonyl (C=O) groups is 3. The quantitative estimate of drug-likeness (QED) is 0.340. The first-order chi connectivity index (χ1) is 19.1. The summed E-state index contributed by atoms with van der Waals surface area (Å²) in [6, 6.07) is 10.6. The van der Waals surface area contributed by atoms with Crippen LogP contribution < -0.4 is 10.6 Å². The van der Waals surface area contributed by atoms with E-state index in [-0.39, 0.29) is 29.9 Å². The van der Waals surface area contributed by atoms with E-state index in [1.165, 1.54) is 29.2 Å². The standard InChI is InChI=1S/C32H45N3O6/c1-31(2,3)35(27(22-14-18-25(37)19-15-22)28(38)33-23-10-8-7-9-11-23)29(39)26(34-30(40)41-32(4,5)6)20-21-12-16-24(36)17-13-21/h12-19,23,26-27,36-37H,7-11,20H2,1-6H3,(H,33,38)(H,34,40). The molecule has 2 aromatic carbocycles. The number of hydrogen-bond acceptors (Lipinski definition) is 6. The van der Waals surface area contributed by atoms with Gasteiger partial charge in [0.05, 0.1) is 0 Å². The van der Waals surface area contributed by atoms with E-state index in [4.69, 9.17) is 4.74 Å². The lowest BCUT2D eigenvalue weighted by Crippen LogP contribution is -2.59. The number of nitrogens with zero attached hydrogens (tertiary/aromatic N) is 1. The average Bonchev–Trinajstić information content (AvgIpc) is 2.87. The van der Waals surface area contributed by atoms with Crippen molar-refractivity contribution in [2.75, 3.05) is 0 Å². The Morgan fingerprint density at radius 1 is 0.878 bits per heavy atom. The van der Waals surface area contributed by atoms with E-state index in [1.807, 2.05) is 20.8 Å². The highest BCUT2D eigenvalue weighted by atomic mass is 16.6. The van der Waals surface area contributed by atoms with Crippen LogP contribution in [0.5, 0.6) is 11.5 Å². The minimum atomic E-state index is -1.07. The lowest BCUT2D eigenvalue weighted by atomic mass is 9.92. The fraction of sp³-hybridized carbons (Fsp3) is 0.531. The molecule has 0 aromatic heterocycles. The predicted octanol–water partition coefficient (Wildman–Crippen LogP) is 5.35. The molecule has 1 fully saturated rings. The summed E-state index contributed by atoms with van der Waals surface area (Å²) >= 11 is 0. The van der Waals surface area contributed by atoms with E-state index in [1.54, 1.807) is 45.0 Å². The fourth-order valence-electron chi connectivity index (χ4n) is 5.13. The van der Waals surface area contributed by atoms with Gasteiger partial charge in [0.15, 0.2) is 0 Å². The van der Waals surface area contributed by atoms with Crippen LogP contribution in [-0.4, -0.2) is 56.2 Å². The number of rotatable bonds is 8. The van der Waals surface area contributed by atoms with Crippen molar-refractivity contribution in [3.63, 3.8) is 0 Å². The van der Waals surface area contributed by atoms with Gasteiger partial charge in [0.1, 0.15) is 29.2 Å². The highest BCUT2D eigenvalue weighted by Gasteiger charge is 2.42. The van der Waals surface area contributed by atoms with Crippen LogP contribution in [0, 0.1) is 0 Å². The third-order valence-corrected chi connectivity index (χ3v) is 6.99. The van der Waals surface area contributed by atoms with Gasteiger partial charge in [0, 0.05) is 18.0 Å². The van der Waals surface area contributed by atoms with Crippen LogP contribution in [0.2, 0.25) is 0 Å². The Morgan fingerprint density at radius 2 is 1.41 bits per heavy atom. The maximum absolute atomic E-state index is 14.5. The molecule has 9 heteroatoms. The Bertz CT molecular complexity index is 1180. The van der Waals surface area contributed by atoms with Crippen molar-refractivity contribution in [2.24, 2.45) is 0 Å². The molecule has 4 N–H and O–H groups in total. The largest absolute Gasteiger partial charge is 0.508 e. The first-order valence-corrected chi connectivity index (χ1v) is 14.3. The van der Waals surface area contributed by atoms with Gasteiger partial charge in [-0.1, -0.05) is 43.5 Å². The Balaban J connectivity index is 2.04. The second kappa shape index (κ2) is 13.3. The summed E-state index contributed by atoms with van der Waals surface area (Å²) in [5.74, 6) is -0.648. The number of amides is 3. The number of hydrogen-bond donors (Lipinski definition) is 4. The number of phenols is 2. The summed E-state index contributed by atoms with van der Waals surface area (Å²) in [6.07, 6.45) is 4.31. The third-order valence-electron chi connectivity index (χ3n) is 6.99. The molecule has 3 rings (SSSR count). The van der Waals surface area contributed by atoms with E-state index in [0.717, 1.165) is 32.1 Å². The number of alkyl carbamates (subject to hydrolysis) is 1. The molecule has 2 unspecified atom stereocenters. The van der Waals surface area contributed by atoms with Gasteiger partial charge < -0.3 is 30.5 Å². The van der Waals surface area contributed by atoms with Crippen molar-refractivity contribution in [1.82, 2.24) is 15.5 Å². The number of nitrogens with one attached hydrogen (secondary N) is 2. The van der Waals surface area contributed by atoms with Crippen molar-refractivity contribution in [1.29, 1.82) is 0 Å². The summed E-state index contributed by atoms with van der Waals surface area (Å²) in [6.45, 7) is 10.7. The molecule has 0 spiro atoms. The molecule has 2 atom stereocenters. The number of benzene rings is 2. The molecule has 0 heterocycles. The Labute approximate surface area is 243 Å². The van der Waals surface area contributed by atoms with Gasteiger partial charge in [0.2, 0.25) is 11.8 Å². The number of phenolic OH excluding ortho intramolecular Hbond substituents is 2. The van der Waals surface area contributed by atoms with Crippen molar-refractivity contribution in [2.45, 2.75) is 109 Å². The molecule has 2 aromatic rings. The second-order valence-corrected chi connectivity index (χ2v) is 12.8. The summed E-state index contributed by atoms with van der Waals surface area (Å²) in [4.78, 5) is 43.0. The zero-order chi connectivity index (χ0) is 30.4. The summed E-state index contributed by atoms with van der Waals surface area (Å²) < 4.78 is 5.48. The molecule has 3 amide bonds. The van der Waals surface area contributed by atoms with Gasteiger partial charge in [-0.25, -0.2) is 4.79 Å². The van der Waals surface area contributed by atoms with Crippen molar-refractivity contribution in [3.8, 4) is 11.5 Å². The maximum atomic E-state index is 14.5. The van der Waals surface area contributed by atoms with E-state index in [2.05, 4.69) is 10.6 Å². The lowest BCUT2D eigenvalue weighted by Gasteiger charge is -2.43. The van der Waals surface area contributed by atoms with Crippen LogP contribution >= 0.6 is 0 Å². The topological polar surface area (TPSA) is 128 Å². The average molecular weight is 568 g/mol. The molecule has 41 heavy (non-hydrogen) atoms. The summed E-state index contributed by atoms with van der Waals surface area (Å²) in [7, 11) is 0. The Kier molecular flexibility index (Phi) is 10.3. The molecular formula is C32H45N3O6. The number of aromatic hydroxyl groups is 2. The van der Waals surface area contributed by atoms with E-state index >= 15 is 0 Å². The van der Waals surface area contributed by atoms with Crippen molar-refractivity contribution >= 4 is 17.9 Å². The van der Waals surface area contributed by atoms with E-state index < -0.39 is 35.2 Å². The van der Waals surface area contributed by atoms with Gasteiger partial charge in [-0.2, -0.15) is 0 Å². The highest BCUT2D eigenvalue weighted by molar-refractivity contribution is 5.93. The smallest absolute Gasteiger partial charge is 0.408 e. The molecule has 0 bridgehead atoms. The second-order valence-electron chi connectivity index (χ2n) is 12.8. The minimum Gasteiger partial charge on any atom is -0.508 e. The van der Waals surface area contributed by atoms with Gasteiger partial charge in [-0.3, -0.25) is 9.59 Å². The highest BCUT2D eigenvalue weighted by Crippen LogP contribution is 2.32. The first-order valence-electron chi connectivity index (χ1n) is 14.3. The zero-order valence-electron chi connectivity index (χ0n) is 25.1. The molecule has 1 saturated carbocycles. The monoisotopic (exact) mass is 567 g/mol. The predicted molar refractivity (Wildman–Crippen MR) is 157 cm³/mol. The van der Waals surface area contributed by atoms with Crippen LogP contribution in [-0.2, 0) is 20.7 Å². The van der Waals surface area contributed by atoms with Crippen LogP contribution in [0.25, 0.3) is 0 Å². The van der Waals surface area contributed by atoms with Crippen molar-refractivity contribution < 1.29 is 29.3 Å². The van der Waals surface area contributed by atoms with Crippen LogP contribution in [0.3, 0.4) is 0 Å². The van der Waals surface area contributed by atoms with E-state index in [9.17, 15) is 24.6 Å².